The van der Waals surface area contributed by atoms with Crippen molar-refractivity contribution in [2.24, 2.45) is 0 Å². The van der Waals surface area contributed by atoms with E-state index in [2.05, 4.69) is 10.3 Å². The molecule has 1 aromatic heterocycles. The summed E-state index contributed by atoms with van der Waals surface area (Å²) in [5, 5.41) is 12.5. The van der Waals surface area contributed by atoms with E-state index >= 15 is 0 Å². The number of aliphatic hydroxyl groups excluding tert-OH is 1. The van der Waals surface area contributed by atoms with E-state index in [9.17, 15) is 23.1 Å². The molecule has 0 saturated carbocycles. The van der Waals surface area contributed by atoms with Crippen LogP contribution in [0.1, 0.15) is 27.6 Å². The molecule has 0 aliphatic carbocycles. The smallest absolute Gasteiger partial charge is 0.387 e. The van der Waals surface area contributed by atoms with Crippen LogP contribution in [0.3, 0.4) is 0 Å². The van der Waals surface area contributed by atoms with Crippen LogP contribution >= 0.6 is 11.6 Å². The highest BCUT2D eigenvalue weighted by atomic mass is 35.5. The molecule has 0 bridgehead atoms. The van der Waals surface area contributed by atoms with Gasteiger partial charge in [0.15, 0.2) is 0 Å². The van der Waals surface area contributed by atoms with Gasteiger partial charge in [-0.25, -0.2) is 0 Å². The number of halogens is 4. The number of aromatic nitrogens is 1. The second-order valence-electron chi connectivity index (χ2n) is 4.70. The average Bonchev–Trinajstić information content (AvgIpc) is 2.52. The van der Waals surface area contributed by atoms with Crippen molar-refractivity contribution in [3.8, 4) is 0 Å². The molecule has 0 fully saturated rings. The molecule has 2 rings (SSSR count). The van der Waals surface area contributed by atoms with Gasteiger partial charge >= 0.3 is 6.18 Å². The minimum atomic E-state index is -4.50. The van der Waals surface area contributed by atoms with Crippen LogP contribution in [-0.4, -0.2) is 22.5 Å². The molecule has 0 aliphatic rings. The first-order chi connectivity index (χ1) is 10.8. The molecule has 2 N–H and O–H groups in total. The summed E-state index contributed by atoms with van der Waals surface area (Å²) in [6, 6.07) is 5.70. The fraction of sp³-hybridized carbons (Fsp3) is 0.200. The number of hydrogen-bond donors (Lipinski definition) is 2. The van der Waals surface area contributed by atoms with Gasteiger partial charge in [0, 0.05) is 18.9 Å². The summed E-state index contributed by atoms with van der Waals surface area (Å²) < 4.78 is 37.9. The highest BCUT2D eigenvalue weighted by Gasteiger charge is 2.30. The number of nitrogens with one attached hydrogen (secondary N) is 1. The van der Waals surface area contributed by atoms with Crippen LogP contribution in [-0.2, 0) is 6.18 Å². The predicted molar refractivity (Wildman–Crippen MR) is 78.0 cm³/mol. The molecule has 122 valence electrons. The fourth-order valence-corrected chi connectivity index (χ4v) is 2.09. The normalized spacial score (nSPS) is 12.7. The van der Waals surface area contributed by atoms with Crippen LogP contribution < -0.4 is 5.32 Å². The van der Waals surface area contributed by atoms with Gasteiger partial charge in [0.2, 0.25) is 0 Å². The van der Waals surface area contributed by atoms with Gasteiger partial charge in [-0.2, -0.15) is 13.2 Å². The second kappa shape index (κ2) is 6.97. The van der Waals surface area contributed by atoms with E-state index in [0.717, 1.165) is 12.1 Å². The van der Waals surface area contributed by atoms with Crippen molar-refractivity contribution in [2.75, 3.05) is 6.54 Å². The van der Waals surface area contributed by atoms with Crippen molar-refractivity contribution in [2.45, 2.75) is 12.3 Å². The molecule has 0 aliphatic heterocycles. The third-order valence-electron chi connectivity index (χ3n) is 3.07. The molecule has 23 heavy (non-hydrogen) atoms. The quantitative estimate of drug-likeness (QED) is 0.895. The number of nitrogens with zero attached hydrogens (tertiary/aromatic N) is 1. The zero-order chi connectivity index (χ0) is 17.0. The summed E-state index contributed by atoms with van der Waals surface area (Å²) in [5.74, 6) is -0.552. The Kier molecular flexibility index (Phi) is 5.23. The summed E-state index contributed by atoms with van der Waals surface area (Å²) in [6.45, 7) is -0.251. The minimum absolute atomic E-state index is 0.0564. The number of aliphatic hydroxyl groups is 1. The first-order valence-corrected chi connectivity index (χ1v) is 6.90. The molecule has 1 aromatic carbocycles. The van der Waals surface area contributed by atoms with E-state index in [1.54, 1.807) is 0 Å². The number of benzene rings is 1. The van der Waals surface area contributed by atoms with Gasteiger partial charge in [0.1, 0.15) is 0 Å². The van der Waals surface area contributed by atoms with Gasteiger partial charge in [-0.05, 0) is 23.8 Å². The van der Waals surface area contributed by atoms with Crippen LogP contribution in [0.4, 0.5) is 13.2 Å². The van der Waals surface area contributed by atoms with Gasteiger partial charge in [-0.15, -0.1) is 0 Å². The van der Waals surface area contributed by atoms with E-state index < -0.39 is 23.8 Å². The maximum absolute atomic E-state index is 12.6. The van der Waals surface area contributed by atoms with Crippen LogP contribution in [0, 0.1) is 0 Å². The Hall–Kier alpha value is -2.12. The first-order valence-electron chi connectivity index (χ1n) is 6.52. The number of pyridine rings is 1. The molecule has 1 unspecified atom stereocenters. The van der Waals surface area contributed by atoms with Gasteiger partial charge in [-0.3, -0.25) is 9.78 Å². The molecule has 1 heterocycles. The highest BCUT2D eigenvalue weighted by molar-refractivity contribution is 6.33. The van der Waals surface area contributed by atoms with Crippen molar-refractivity contribution in [3.05, 3.63) is 64.4 Å². The zero-order valence-corrected chi connectivity index (χ0v) is 12.4. The van der Waals surface area contributed by atoms with E-state index in [0.29, 0.717) is 0 Å². The lowest BCUT2D eigenvalue weighted by Gasteiger charge is -2.14. The fourth-order valence-electron chi connectivity index (χ4n) is 1.88. The minimum Gasteiger partial charge on any atom is -0.387 e. The lowest BCUT2D eigenvalue weighted by molar-refractivity contribution is -0.137. The average molecular weight is 345 g/mol. The third kappa shape index (κ3) is 4.43. The molecule has 1 amide bonds. The Balaban J connectivity index is 2.04. The number of rotatable bonds is 4. The molecular formula is C15H12ClF3N2O2. The lowest BCUT2D eigenvalue weighted by Crippen LogP contribution is -2.28. The summed E-state index contributed by atoms with van der Waals surface area (Å²) in [7, 11) is 0. The van der Waals surface area contributed by atoms with Crippen molar-refractivity contribution in [1.82, 2.24) is 10.3 Å². The van der Waals surface area contributed by atoms with Crippen molar-refractivity contribution in [1.29, 1.82) is 0 Å². The molecule has 0 radical (unpaired) electrons. The third-order valence-corrected chi connectivity index (χ3v) is 3.37. The maximum Gasteiger partial charge on any atom is 0.416 e. The summed E-state index contributed by atoms with van der Waals surface area (Å²) in [6.07, 6.45) is -3.10. The van der Waals surface area contributed by atoms with Gasteiger partial charge in [0.05, 0.1) is 22.3 Å². The topological polar surface area (TPSA) is 62.2 Å². The summed E-state index contributed by atoms with van der Waals surface area (Å²) >= 11 is 5.81. The van der Waals surface area contributed by atoms with Crippen molar-refractivity contribution < 1.29 is 23.1 Å². The summed E-state index contributed by atoms with van der Waals surface area (Å²) in [5.41, 5.74) is -0.642. The SMILES string of the molecule is O=C(NCC(O)c1cccc(C(F)(F)F)c1)c1ccncc1Cl. The Morgan fingerprint density at radius 1 is 1.35 bits per heavy atom. The standard InChI is InChI=1S/C15H12ClF3N2O2/c16-12-7-20-5-4-11(12)14(23)21-8-13(22)9-2-1-3-10(6-9)15(17,18)19/h1-7,13,22H,8H2,(H,21,23). The Morgan fingerprint density at radius 3 is 2.74 bits per heavy atom. The van der Waals surface area contributed by atoms with Gasteiger partial charge in [-0.1, -0.05) is 23.7 Å². The van der Waals surface area contributed by atoms with Crippen molar-refractivity contribution in [3.63, 3.8) is 0 Å². The maximum atomic E-state index is 12.6. The Morgan fingerprint density at radius 2 is 2.09 bits per heavy atom. The zero-order valence-electron chi connectivity index (χ0n) is 11.6. The van der Waals surface area contributed by atoms with Crippen molar-refractivity contribution >= 4 is 17.5 Å². The van der Waals surface area contributed by atoms with E-state index in [4.69, 9.17) is 11.6 Å². The van der Waals surface area contributed by atoms with Crippen LogP contribution in [0.15, 0.2) is 42.7 Å². The van der Waals surface area contributed by atoms with Crippen LogP contribution in [0.25, 0.3) is 0 Å². The largest absolute Gasteiger partial charge is 0.416 e. The second-order valence-corrected chi connectivity index (χ2v) is 5.11. The molecule has 4 nitrogen and oxygen atoms in total. The van der Waals surface area contributed by atoms with Crippen LogP contribution in [0.2, 0.25) is 5.02 Å². The molecule has 1 atom stereocenters. The molecule has 2 aromatic rings. The van der Waals surface area contributed by atoms with E-state index in [1.807, 2.05) is 0 Å². The highest BCUT2D eigenvalue weighted by Crippen LogP contribution is 2.30. The lowest BCUT2D eigenvalue weighted by atomic mass is 10.1. The Bertz CT molecular complexity index is 707. The molecule has 0 spiro atoms. The Labute approximate surface area is 134 Å². The van der Waals surface area contributed by atoms with E-state index in [1.165, 1.54) is 30.6 Å². The van der Waals surface area contributed by atoms with Gasteiger partial charge < -0.3 is 10.4 Å². The number of carbonyl (C=O) groups excluding carboxylic acids is 1. The molecule has 8 heteroatoms. The van der Waals surface area contributed by atoms with E-state index in [-0.39, 0.29) is 22.7 Å². The monoisotopic (exact) mass is 344 g/mol. The van der Waals surface area contributed by atoms with Gasteiger partial charge in [0.25, 0.3) is 5.91 Å². The van der Waals surface area contributed by atoms with Crippen LogP contribution in [0.5, 0.6) is 0 Å². The first kappa shape index (κ1) is 17.2. The molecular weight excluding hydrogens is 333 g/mol. The predicted octanol–water partition coefficient (Wildman–Crippen LogP) is 3.22. The number of hydrogen-bond acceptors (Lipinski definition) is 3. The molecule has 0 saturated heterocycles. The summed E-state index contributed by atoms with van der Waals surface area (Å²) in [4.78, 5) is 15.6. The number of amides is 1. The number of alkyl halides is 3. The number of carbonyl (C=O) groups is 1.